The lowest BCUT2D eigenvalue weighted by molar-refractivity contribution is -0.138. The Balaban J connectivity index is 1.63. The Hall–Kier alpha value is -4.61. The van der Waals surface area contributed by atoms with E-state index in [9.17, 15) is 26.3 Å². The Morgan fingerprint density at radius 1 is 0.409 bits per heavy atom. The van der Waals surface area contributed by atoms with E-state index in [1.165, 1.54) is 24.3 Å². The van der Waals surface area contributed by atoms with E-state index in [0.717, 1.165) is 62.0 Å². The summed E-state index contributed by atoms with van der Waals surface area (Å²) in [6.45, 7) is 0. The maximum absolute atomic E-state index is 15.6. The number of hydrogen-bond donors (Lipinski definition) is 0. The smallest absolute Gasteiger partial charge is 0.309 e. The molecular formula is C36H21F6OP. The molecule has 0 heterocycles. The van der Waals surface area contributed by atoms with Gasteiger partial charge in [-0.05, 0) is 73.4 Å². The highest BCUT2D eigenvalue weighted by Gasteiger charge is 2.36. The first-order chi connectivity index (χ1) is 21.0. The van der Waals surface area contributed by atoms with Crippen molar-refractivity contribution in [3.05, 3.63) is 139 Å². The number of halogens is 6. The molecular weight excluding hydrogens is 593 g/mol. The zero-order valence-electron chi connectivity index (χ0n) is 22.7. The largest absolute Gasteiger partial charge is 0.416 e. The fraction of sp³-hybridized carbons (Fsp3) is 0.0556. The predicted octanol–water partition coefficient (Wildman–Crippen LogP) is 9.98. The van der Waals surface area contributed by atoms with Crippen LogP contribution < -0.4 is 15.9 Å². The van der Waals surface area contributed by atoms with Crippen LogP contribution in [0.1, 0.15) is 11.1 Å². The van der Waals surface area contributed by atoms with E-state index in [4.69, 9.17) is 0 Å². The Kier molecular flexibility index (Phi) is 6.38. The Labute approximate surface area is 247 Å². The van der Waals surface area contributed by atoms with Crippen LogP contribution in [0.5, 0.6) is 0 Å². The maximum atomic E-state index is 15.6. The van der Waals surface area contributed by atoms with Crippen LogP contribution in [-0.2, 0) is 16.9 Å². The minimum atomic E-state index is -4.62. The molecule has 7 aromatic rings. The normalized spacial score (nSPS) is 12.9. The molecule has 8 heteroatoms. The first-order valence-corrected chi connectivity index (χ1v) is 15.4. The van der Waals surface area contributed by atoms with E-state index < -0.39 is 30.6 Å². The molecule has 1 nitrogen and oxygen atoms in total. The van der Waals surface area contributed by atoms with Crippen LogP contribution in [0, 0.1) is 0 Å². The molecule has 0 bridgehead atoms. The molecule has 0 saturated heterocycles. The van der Waals surface area contributed by atoms with Crippen molar-refractivity contribution in [1.82, 2.24) is 0 Å². The molecule has 0 spiro atoms. The molecule has 7 aromatic carbocycles. The van der Waals surface area contributed by atoms with Crippen molar-refractivity contribution in [3.8, 4) is 0 Å². The second-order valence-corrected chi connectivity index (χ2v) is 13.4. The van der Waals surface area contributed by atoms with Gasteiger partial charge in [-0.2, -0.15) is 26.3 Å². The summed E-state index contributed by atoms with van der Waals surface area (Å²) in [7, 11) is -4.04. The molecule has 0 aliphatic heterocycles. The van der Waals surface area contributed by atoms with Crippen LogP contribution in [0.15, 0.2) is 127 Å². The lowest BCUT2D eigenvalue weighted by Crippen LogP contribution is -2.26. The van der Waals surface area contributed by atoms with Gasteiger partial charge < -0.3 is 4.57 Å². The minimum absolute atomic E-state index is 0.0832. The maximum Gasteiger partial charge on any atom is 0.416 e. The Morgan fingerprint density at radius 3 is 1.18 bits per heavy atom. The lowest BCUT2D eigenvalue weighted by Gasteiger charge is -2.24. The third kappa shape index (κ3) is 4.37. The summed E-state index contributed by atoms with van der Waals surface area (Å²) >= 11 is 0. The van der Waals surface area contributed by atoms with Gasteiger partial charge in [-0.3, -0.25) is 0 Å². The highest BCUT2D eigenvalue weighted by Crippen LogP contribution is 2.48. The predicted molar refractivity (Wildman–Crippen MR) is 166 cm³/mol. The lowest BCUT2D eigenvalue weighted by atomic mass is 9.91. The Morgan fingerprint density at radius 2 is 0.750 bits per heavy atom. The number of rotatable bonds is 3. The van der Waals surface area contributed by atoms with Gasteiger partial charge in [0.05, 0.1) is 11.1 Å². The highest BCUT2D eigenvalue weighted by molar-refractivity contribution is 7.85. The van der Waals surface area contributed by atoms with E-state index in [2.05, 4.69) is 0 Å². The average Bonchev–Trinajstić information content (AvgIpc) is 3.03. The highest BCUT2D eigenvalue weighted by atomic mass is 31.2. The van der Waals surface area contributed by atoms with E-state index >= 15 is 4.57 Å². The molecule has 7 rings (SSSR count). The summed E-state index contributed by atoms with van der Waals surface area (Å²) in [5.41, 5.74) is -1.83. The van der Waals surface area contributed by atoms with E-state index in [-0.39, 0.29) is 10.6 Å². The summed E-state index contributed by atoms with van der Waals surface area (Å²) in [4.78, 5) is 0. The third-order valence-corrected chi connectivity index (χ3v) is 11.3. The molecule has 0 aliphatic carbocycles. The SMILES string of the molecule is O=P(c1ccc(C(F)(F)F)cc1)(c1ccc(C(F)(F)F)cc1)c1cc2c3ccccc3c3ccccc3c2c2ccccc12. The number of fused-ring (bicyclic) bond motifs is 8. The standard InChI is InChI=1S/C36H21F6OP/c37-35(38,39)22-13-17-24(18-14-22)44(43,25-19-15-23(16-20-25)36(40,41)42)33-21-32-28-9-2-1-7-26(28)27-8-3-5-11-30(27)34(32)31-12-6-4-10-29(31)33/h1-21H. The third-order valence-electron chi connectivity index (χ3n) is 8.18. The summed E-state index contributed by atoms with van der Waals surface area (Å²) in [6, 6.07) is 33.0. The van der Waals surface area contributed by atoms with Gasteiger partial charge in [-0.15, -0.1) is 0 Å². The Bertz CT molecular complexity index is 2210. The van der Waals surface area contributed by atoms with Gasteiger partial charge in [-0.1, -0.05) is 97.1 Å². The molecule has 0 saturated carbocycles. The van der Waals surface area contributed by atoms with E-state index in [0.29, 0.717) is 10.7 Å². The zero-order valence-corrected chi connectivity index (χ0v) is 23.6. The van der Waals surface area contributed by atoms with Gasteiger partial charge in [-0.25, -0.2) is 0 Å². The monoisotopic (exact) mass is 614 g/mol. The fourth-order valence-electron chi connectivity index (χ4n) is 6.16. The van der Waals surface area contributed by atoms with Crippen molar-refractivity contribution in [2.75, 3.05) is 0 Å². The van der Waals surface area contributed by atoms with Crippen molar-refractivity contribution < 1.29 is 30.9 Å². The van der Waals surface area contributed by atoms with Crippen LogP contribution in [0.4, 0.5) is 26.3 Å². The van der Waals surface area contributed by atoms with Crippen LogP contribution in [0.2, 0.25) is 0 Å². The van der Waals surface area contributed by atoms with Crippen LogP contribution in [-0.4, -0.2) is 0 Å². The number of hydrogen-bond acceptors (Lipinski definition) is 1. The van der Waals surface area contributed by atoms with Gasteiger partial charge in [0.2, 0.25) is 0 Å². The number of alkyl halides is 6. The van der Waals surface area contributed by atoms with Crippen molar-refractivity contribution in [2.24, 2.45) is 0 Å². The molecule has 0 atom stereocenters. The summed E-state index contributed by atoms with van der Waals surface area (Å²) < 4.78 is 96.6. The van der Waals surface area contributed by atoms with Crippen molar-refractivity contribution in [3.63, 3.8) is 0 Å². The second-order valence-electron chi connectivity index (χ2n) is 10.7. The first-order valence-electron chi connectivity index (χ1n) is 13.7. The van der Waals surface area contributed by atoms with Crippen molar-refractivity contribution in [2.45, 2.75) is 12.4 Å². The molecule has 218 valence electrons. The molecule has 0 aliphatic rings. The van der Waals surface area contributed by atoms with Gasteiger partial charge in [0.1, 0.15) is 0 Å². The second kappa shape index (κ2) is 9.96. The van der Waals surface area contributed by atoms with Crippen LogP contribution in [0.25, 0.3) is 43.1 Å². The molecule has 0 aromatic heterocycles. The fourth-order valence-corrected chi connectivity index (χ4v) is 8.99. The quantitative estimate of drug-likeness (QED) is 0.110. The summed E-state index contributed by atoms with van der Waals surface area (Å²) in [5.74, 6) is 0. The van der Waals surface area contributed by atoms with Gasteiger partial charge in [0.25, 0.3) is 0 Å². The molecule has 0 fully saturated rings. The zero-order chi connectivity index (χ0) is 30.9. The molecule has 0 N–H and O–H groups in total. The van der Waals surface area contributed by atoms with Gasteiger partial charge in [0.15, 0.2) is 7.14 Å². The summed E-state index contributed by atoms with van der Waals surface area (Å²) in [6.07, 6.45) is -9.24. The van der Waals surface area contributed by atoms with Gasteiger partial charge in [0, 0.05) is 15.9 Å². The number of benzene rings is 7. The van der Waals surface area contributed by atoms with Gasteiger partial charge >= 0.3 is 12.4 Å². The van der Waals surface area contributed by atoms with E-state index in [1.54, 1.807) is 12.1 Å². The van der Waals surface area contributed by atoms with Crippen LogP contribution >= 0.6 is 7.14 Å². The average molecular weight is 615 g/mol. The summed E-state index contributed by atoms with van der Waals surface area (Å²) in [5, 5.41) is 7.45. The molecule has 44 heavy (non-hydrogen) atoms. The first kappa shape index (κ1) is 28.2. The van der Waals surface area contributed by atoms with Crippen molar-refractivity contribution in [1.29, 1.82) is 0 Å². The van der Waals surface area contributed by atoms with Crippen molar-refractivity contribution >= 4 is 66.1 Å². The van der Waals surface area contributed by atoms with Crippen LogP contribution in [0.3, 0.4) is 0 Å². The molecule has 0 amide bonds. The van der Waals surface area contributed by atoms with E-state index in [1.807, 2.05) is 66.7 Å². The topological polar surface area (TPSA) is 17.1 Å². The molecule has 0 radical (unpaired) electrons. The molecule has 0 unspecified atom stereocenters. The minimum Gasteiger partial charge on any atom is -0.309 e.